The second-order valence-electron chi connectivity index (χ2n) is 26.2. The van der Waals surface area contributed by atoms with Gasteiger partial charge in [-0.2, -0.15) is 0 Å². The van der Waals surface area contributed by atoms with E-state index in [9.17, 15) is 0 Å². The maximum absolute atomic E-state index is 8.05. The van der Waals surface area contributed by atoms with Crippen LogP contribution < -0.4 is 62.0 Å². The van der Waals surface area contributed by atoms with Crippen molar-refractivity contribution >= 4 is 195 Å². The first-order valence-corrected chi connectivity index (χ1v) is 35.8. The summed E-state index contributed by atoms with van der Waals surface area (Å²) < 4.78 is 13.1. The van der Waals surface area contributed by atoms with Crippen LogP contribution in [-0.4, -0.2) is 13.4 Å². The topological polar surface area (TPSA) is 25.4 Å². The van der Waals surface area contributed by atoms with Crippen molar-refractivity contribution in [3.8, 4) is 22.6 Å². The number of benzene rings is 15. The van der Waals surface area contributed by atoms with Gasteiger partial charge < -0.3 is 29.2 Å². The van der Waals surface area contributed by atoms with E-state index in [1.54, 1.807) is 0 Å². The number of anilines is 15. The Morgan fingerprint density at radius 1 is 0.280 bits per heavy atom. The number of para-hydroxylation sites is 7. The molecule has 0 fully saturated rings. The molecule has 0 spiro atoms. The number of hydrogen-bond donors (Lipinski definition) is 0. The van der Waals surface area contributed by atoms with E-state index in [4.69, 9.17) is 4.74 Å². The molecule has 466 valence electrons. The van der Waals surface area contributed by atoms with E-state index >= 15 is 0 Å². The first kappa shape index (κ1) is 56.8. The van der Waals surface area contributed by atoms with Crippen molar-refractivity contribution in [2.75, 3.05) is 24.5 Å². The van der Waals surface area contributed by atoms with Crippen LogP contribution in [0.2, 0.25) is 0 Å². The second-order valence-corrected chi connectivity index (χ2v) is 28.3. The number of thiophene rings is 2. The summed E-state index contributed by atoms with van der Waals surface area (Å²) in [5.74, 6) is 1.63. The SMILES string of the molecule is c1ccc(-c2ccccc2N2c3cc4c(cc3B3c5ccccc5N(c5ccccc5)c5cc(N(c6ccccc6)c6ccccc6)cc2c53)B2c3ccccc3N(c3cccc5c3sc3ccccc35)c3cc(N(c5ccccc5)c5cccc6sc7ccccc7c56)cc(c32)O4)cc1. The predicted octanol–water partition coefficient (Wildman–Crippen LogP) is 21.5. The summed E-state index contributed by atoms with van der Waals surface area (Å²) in [6, 6.07) is 128. The van der Waals surface area contributed by atoms with Gasteiger partial charge in [-0.1, -0.05) is 218 Å². The molecule has 0 radical (unpaired) electrons. The molecule has 4 aliphatic rings. The fourth-order valence-corrected chi connectivity index (χ4v) is 19.1. The lowest BCUT2D eigenvalue weighted by Gasteiger charge is -2.46. The van der Waals surface area contributed by atoms with Gasteiger partial charge in [0, 0.05) is 110 Å². The average Bonchev–Trinajstić information content (AvgIpc) is 0.757. The van der Waals surface area contributed by atoms with Gasteiger partial charge in [0.25, 0.3) is 13.4 Å². The van der Waals surface area contributed by atoms with Crippen LogP contribution in [0.5, 0.6) is 11.5 Å². The average molecular weight is 1310 g/mol. The van der Waals surface area contributed by atoms with Crippen LogP contribution in [0.3, 0.4) is 0 Å². The van der Waals surface area contributed by atoms with Crippen molar-refractivity contribution in [2.45, 2.75) is 0 Å². The van der Waals surface area contributed by atoms with Crippen molar-refractivity contribution in [3.05, 3.63) is 346 Å². The van der Waals surface area contributed by atoms with E-state index in [0.717, 1.165) is 119 Å². The van der Waals surface area contributed by atoms with E-state index in [2.05, 4.69) is 370 Å². The first-order chi connectivity index (χ1) is 49.6. The van der Waals surface area contributed by atoms with Gasteiger partial charge in [0.1, 0.15) is 11.5 Å². The molecule has 0 saturated carbocycles. The van der Waals surface area contributed by atoms with Gasteiger partial charge >= 0.3 is 0 Å². The molecule has 21 rings (SSSR count). The predicted molar refractivity (Wildman–Crippen MR) is 427 cm³/mol. The molecule has 0 N–H and O–H groups in total. The smallest absolute Gasteiger partial charge is 0.256 e. The molecule has 0 unspecified atom stereocenters. The second kappa shape index (κ2) is 22.6. The van der Waals surface area contributed by atoms with Crippen LogP contribution >= 0.6 is 22.7 Å². The molecular formula is C90H57B2N5OS2. The molecule has 17 aromatic rings. The minimum Gasteiger partial charge on any atom is -0.458 e. The van der Waals surface area contributed by atoms with Crippen molar-refractivity contribution in [1.29, 1.82) is 0 Å². The normalized spacial score (nSPS) is 13.0. The Balaban J connectivity index is 0.866. The van der Waals surface area contributed by atoms with E-state index in [1.165, 1.54) is 62.2 Å². The highest BCUT2D eigenvalue weighted by Gasteiger charge is 2.49. The molecule has 0 amide bonds. The summed E-state index contributed by atoms with van der Waals surface area (Å²) in [6.45, 7) is -0.452. The van der Waals surface area contributed by atoms with Gasteiger partial charge in [-0.3, -0.25) is 0 Å². The van der Waals surface area contributed by atoms with Crippen molar-refractivity contribution in [2.24, 2.45) is 0 Å². The Morgan fingerprint density at radius 2 is 0.770 bits per heavy atom. The summed E-state index contributed by atoms with van der Waals surface area (Å²) in [5.41, 5.74) is 25.6. The molecule has 4 aliphatic heterocycles. The monoisotopic (exact) mass is 1310 g/mol. The zero-order chi connectivity index (χ0) is 65.5. The van der Waals surface area contributed by atoms with Crippen molar-refractivity contribution < 1.29 is 4.74 Å². The molecule has 0 atom stereocenters. The number of nitrogens with zero attached hydrogens (tertiary/aromatic N) is 5. The number of ether oxygens (including phenoxy) is 1. The third-order valence-electron chi connectivity index (χ3n) is 20.8. The van der Waals surface area contributed by atoms with Crippen molar-refractivity contribution in [3.63, 3.8) is 0 Å². The van der Waals surface area contributed by atoms with Crippen LogP contribution in [-0.2, 0) is 0 Å². The van der Waals surface area contributed by atoms with Gasteiger partial charge in [0.2, 0.25) is 0 Å². The van der Waals surface area contributed by atoms with E-state index in [-0.39, 0.29) is 13.4 Å². The minimum atomic E-state index is -0.241. The van der Waals surface area contributed by atoms with Gasteiger partial charge in [0.15, 0.2) is 0 Å². The summed E-state index contributed by atoms with van der Waals surface area (Å²) in [5, 5.41) is 4.97. The van der Waals surface area contributed by atoms with E-state index < -0.39 is 0 Å². The molecule has 100 heavy (non-hydrogen) atoms. The third kappa shape index (κ3) is 8.64. The van der Waals surface area contributed by atoms with Crippen LogP contribution in [0.4, 0.5) is 85.3 Å². The fourth-order valence-electron chi connectivity index (χ4n) is 16.7. The van der Waals surface area contributed by atoms with Crippen molar-refractivity contribution in [1.82, 2.24) is 0 Å². The minimum absolute atomic E-state index is 0.211. The third-order valence-corrected chi connectivity index (χ3v) is 23.1. The molecule has 2 aromatic heterocycles. The number of fused-ring (bicyclic) bond motifs is 14. The van der Waals surface area contributed by atoms with Gasteiger partial charge in [-0.05, 0) is 154 Å². The lowest BCUT2D eigenvalue weighted by molar-refractivity contribution is 0.488. The Labute approximate surface area is 588 Å². The number of hydrogen-bond acceptors (Lipinski definition) is 8. The molecular weight excluding hydrogens is 1250 g/mol. The summed E-state index contributed by atoms with van der Waals surface area (Å²) in [4.78, 5) is 12.5. The molecule has 0 aliphatic carbocycles. The summed E-state index contributed by atoms with van der Waals surface area (Å²) in [6.07, 6.45) is 0. The van der Waals surface area contributed by atoms with Gasteiger partial charge in [-0.25, -0.2) is 0 Å². The largest absolute Gasteiger partial charge is 0.458 e. The highest BCUT2D eigenvalue weighted by molar-refractivity contribution is 7.26. The highest BCUT2D eigenvalue weighted by Crippen LogP contribution is 2.54. The lowest BCUT2D eigenvalue weighted by Crippen LogP contribution is -2.64. The van der Waals surface area contributed by atoms with Gasteiger partial charge in [-0.15, -0.1) is 22.7 Å². The molecule has 0 saturated heterocycles. The standard InChI is InChI=1S/C90H57B2N5OS2/c1-6-28-58(29-7-1)65-38-16-21-44-73(65)96-78-57-82-72(56-71(78)91-69-42-19-22-45-74(69)95(62-36-14-5-15-37-62)79-52-63(53-80(96)88(79)91)93(59-30-8-2-9-31-59)60-32-10-3-11-33-60)92-70-43-20-23-46-75(70)97(77-48-26-41-67-66-39-17-24-49-84(66)100-90(67)77)81-54-64(55-83(98-82)89(81)92)94(61-34-12-4-13-35-61)76-47-27-51-86-87(76)68-40-18-25-50-85(68)99-86/h1-57H. The number of rotatable bonds is 10. The van der Waals surface area contributed by atoms with Gasteiger partial charge in [0.05, 0.1) is 33.1 Å². The molecule has 10 heteroatoms. The summed E-state index contributed by atoms with van der Waals surface area (Å²) in [7, 11) is 0. The first-order valence-electron chi connectivity index (χ1n) is 34.2. The molecule has 0 bridgehead atoms. The molecule has 15 aromatic carbocycles. The Bertz CT molecular complexity index is 6110. The fraction of sp³-hybridized carbons (Fsp3) is 0. The lowest BCUT2D eigenvalue weighted by atomic mass is 9.30. The highest BCUT2D eigenvalue weighted by atomic mass is 32.1. The summed E-state index contributed by atoms with van der Waals surface area (Å²) >= 11 is 3.72. The zero-order valence-corrected chi connectivity index (χ0v) is 55.7. The Morgan fingerprint density at radius 3 is 1.47 bits per heavy atom. The Kier molecular flexibility index (Phi) is 12.9. The zero-order valence-electron chi connectivity index (χ0n) is 54.0. The van der Waals surface area contributed by atoms with E-state index in [0.29, 0.717) is 0 Å². The quantitative estimate of drug-likeness (QED) is 0.127. The maximum atomic E-state index is 8.05. The molecule has 6 heterocycles. The van der Waals surface area contributed by atoms with Crippen LogP contribution in [0.25, 0.3) is 51.5 Å². The van der Waals surface area contributed by atoms with Crippen LogP contribution in [0.1, 0.15) is 0 Å². The molecule has 6 nitrogen and oxygen atoms in total. The van der Waals surface area contributed by atoms with E-state index in [1.807, 2.05) is 22.7 Å². The maximum Gasteiger partial charge on any atom is 0.256 e. The van der Waals surface area contributed by atoms with Crippen LogP contribution in [0, 0.1) is 0 Å². The van der Waals surface area contributed by atoms with Crippen LogP contribution in [0.15, 0.2) is 346 Å². The Hall–Kier alpha value is -12.3.